The normalized spacial score (nSPS) is 13.1. The van der Waals surface area contributed by atoms with Crippen molar-refractivity contribution >= 4 is 6.21 Å². The molecule has 0 aliphatic carbocycles. The Kier molecular flexibility index (Phi) is 4.53. The van der Waals surface area contributed by atoms with Gasteiger partial charge in [0.15, 0.2) is 6.29 Å². The highest BCUT2D eigenvalue weighted by atomic mass is 16.5. The highest BCUT2D eigenvalue weighted by Crippen LogP contribution is 1.93. The number of hydrogen-bond acceptors (Lipinski definition) is 4. The van der Waals surface area contributed by atoms with Crippen LogP contribution in [0.3, 0.4) is 0 Å². The maximum absolute atomic E-state index is 8.61. The van der Waals surface area contributed by atoms with Crippen LogP contribution in [0, 0.1) is 0 Å². The molecule has 0 atom stereocenters. The van der Waals surface area contributed by atoms with Crippen molar-refractivity contribution in [3.8, 4) is 0 Å². The third-order valence-electron chi connectivity index (χ3n) is 0.974. The predicted octanol–water partition coefficient (Wildman–Crippen LogP) is -0.551. The van der Waals surface area contributed by atoms with E-state index in [0.29, 0.717) is 5.57 Å². The molecule has 0 heterocycles. The highest BCUT2D eigenvalue weighted by molar-refractivity contribution is 5.78. The van der Waals surface area contributed by atoms with E-state index in [1.165, 1.54) is 6.21 Å². The molecule has 58 valence electrons. The predicted molar refractivity (Wildman–Crippen MR) is 39.5 cm³/mol. The minimum absolute atomic E-state index is 0.370. The van der Waals surface area contributed by atoms with E-state index < -0.39 is 6.29 Å². The van der Waals surface area contributed by atoms with Crippen LogP contribution in [0.4, 0.5) is 0 Å². The second-order valence-electron chi connectivity index (χ2n) is 1.64. The third kappa shape index (κ3) is 3.21. The summed E-state index contributed by atoms with van der Waals surface area (Å²) in [6.45, 7) is 1.70. The van der Waals surface area contributed by atoms with E-state index in [4.69, 9.17) is 10.2 Å². The van der Waals surface area contributed by atoms with Crippen LogP contribution >= 0.6 is 0 Å². The van der Waals surface area contributed by atoms with Crippen LogP contribution in [-0.2, 0) is 0 Å². The van der Waals surface area contributed by atoms with Crippen molar-refractivity contribution in [2.24, 2.45) is 5.10 Å². The Labute approximate surface area is 59.9 Å². The molecule has 4 nitrogen and oxygen atoms in total. The van der Waals surface area contributed by atoms with Gasteiger partial charge in [0, 0.05) is 12.6 Å². The Morgan fingerprint density at radius 1 is 1.60 bits per heavy atom. The van der Waals surface area contributed by atoms with Gasteiger partial charge in [-0.1, -0.05) is 6.08 Å². The quantitative estimate of drug-likeness (QED) is 0.283. The molecule has 0 aliphatic heterocycles. The number of aliphatic hydroxyl groups is 2. The van der Waals surface area contributed by atoms with Crippen LogP contribution in [0.2, 0.25) is 0 Å². The first-order chi connectivity index (χ1) is 4.72. The largest absolute Gasteiger partial charge is 0.364 e. The van der Waals surface area contributed by atoms with Gasteiger partial charge in [-0.25, -0.2) is 0 Å². The van der Waals surface area contributed by atoms with Gasteiger partial charge in [0.05, 0.1) is 6.21 Å². The van der Waals surface area contributed by atoms with Crippen LogP contribution in [-0.4, -0.2) is 29.8 Å². The van der Waals surface area contributed by atoms with Gasteiger partial charge in [0.1, 0.15) is 0 Å². The highest BCUT2D eigenvalue weighted by Gasteiger charge is 2.00. The van der Waals surface area contributed by atoms with Crippen LogP contribution in [0.5, 0.6) is 0 Å². The Bertz CT molecular complexity index is 141. The molecule has 3 N–H and O–H groups in total. The lowest BCUT2D eigenvalue weighted by atomic mass is 10.3. The van der Waals surface area contributed by atoms with Gasteiger partial charge in [-0.3, -0.25) is 0 Å². The zero-order valence-corrected chi connectivity index (χ0v) is 6.07. The van der Waals surface area contributed by atoms with Gasteiger partial charge < -0.3 is 15.6 Å². The minimum Gasteiger partial charge on any atom is -0.364 e. The molecule has 0 radical (unpaired) electrons. The first-order valence-electron chi connectivity index (χ1n) is 2.94. The van der Waals surface area contributed by atoms with E-state index in [0.717, 1.165) is 0 Å². The molecular weight excluding hydrogens is 132 g/mol. The van der Waals surface area contributed by atoms with Crippen molar-refractivity contribution in [1.29, 1.82) is 0 Å². The lowest BCUT2D eigenvalue weighted by molar-refractivity contribution is -0.00268. The van der Waals surface area contributed by atoms with Gasteiger partial charge in [-0.2, -0.15) is 5.10 Å². The van der Waals surface area contributed by atoms with Gasteiger partial charge in [0.25, 0.3) is 0 Å². The Morgan fingerprint density at radius 3 is 2.50 bits per heavy atom. The number of nitrogens with one attached hydrogen (secondary N) is 1. The summed E-state index contributed by atoms with van der Waals surface area (Å²) in [5.41, 5.74) is 2.86. The van der Waals surface area contributed by atoms with Crippen molar-refractivity contribution < 1.29 is 10.2 Å². The van der Waals surface area contributed by atoms with Crippen LogP contribution < -0.4 is 5.43 Å². The minimum atomic E-state index is -1.44. The maximum Gasteiger partial charge on any atom is 0.179 e. The summed E-state index contributed by atoms with van der Waals surface area (Å²) in [5.74, 6) is 0. The first-order valence-corrected chi connectivity index (χ1v) is 2.94. The Morgan fingerprint density at radius 2 is 2.20 bits per heavy atom. The monoisotopic (exact) mass is 144 g/mol. The van der Waals surface area contributed by atoms with Crippen molar-refractivity contribution in [3.05, 3.63) is 11.6 Å². The molecule has 0 aromatic rings. The molecule has 0 saturated heterocycles. The number of hydrazone groups is 1. The number of rotatable bonds is 3. The number of aliphatic hydroxyl groups excluding tert-OH is 1. The molecule has 0 aliphatic rings. The molecule has 0 rings (SSSR count). The number of allylic oxidation sites excluding steroid dienone is 1. The van der Waals surface area contributed by atoms with Crippen molar-refractivity contribution in [2.45, 2.75) is 13.2 Å². The molecular formula is C6H12N2O2. The molecule has 4 heteroatoms. The molecule has 0 saturated carbocycles. The topological polar surface area (TPSA) is 64.9 Å². The van der Waals surface area contributed by atoms with E-state index in [1.54, 1.807) is 20.0 Å². The van der Waals surface area contributed by atoms with E-state index in [1.807, 2.05) is 0 Å². The summed E-state index contributed by atoms with van der Waals surface area (Å²) >= 11 is 0. The van der Waals surface area contributed by atoms with Gasteiger partial charge >= 0.3 is 0 Å². The van der Waals surface area contributed by atoms with E-state index in [9.17, 15) is 0 Å². The molecule has 0 bridgehead atoms. The van der Waals surface area contributed by atoms with Crippen LogP contribution in [0.15, 0.2) is 16.8 Å². The Balaban J connectivity index is 3.98. The number of nitrogens with zero attached hydrogens (tertiary/aromatic N) is 1. The average Bonchev–Trinajstić information content (AvgIpc) is 1.89. The third-order valence-corrected chi connectivity index (χ3v) is 0.974. The summed E-state index contributed by atoms with van der Waals surface area (Å²) in [6, 6.07) is 0. The maximum atomic E-state index is 8.61. The van der Waals surface area contributed by atoms with E-state index in [-0.39, 0.29) is 0 Å². The fraction of sp³-hybridized carbons (Fsp3) is 0.500. The summed E-state index contributed by atoms with van der Waals surface area (Å²) < 4.78 is 0. The molecule has 10 heavy (non-hydrogen) atoms. The van der Waals surface area contributed by atoms with Crippen molar-refractivity contribution in [1.82, 2.24) is 5.43 Å². The van der Waals surface area contributed by atoms with Crippen molar-refractivity contribution in [2.75, 3.05) is 7.05 Å². The first kappa shape index (κ1) is 9.13. The zero-order valence-electron chi connectivity index (χ0n) is 6.07. The lowest BCUT2D eigenvalue weighted by Crippen LogP contribution is -2.10. The Hall–Kier alpha value is -0.870. The molecule has 0 unspecified atom stereocenters. The standard InChI is InChI=1S/C6H12N2O2/c1-3-5(6(9)10)4-8-7-2/h3-4,6-7,9-10H,1-2H3/b5-3+,8-4-. The molecule has 0 aromatic carbocycles. The SMILES string of the molecule is C/C=C(\C=N/NC)C(O)O. The van der Waals surface area contributed by atoms with Gasteiger partial charge in [-0.05, 0) is 6.92 Å². The average molecular weight is 144 g/mol. The van der Waals surface area contributed by atoms with Crippen molar-refractivity contribution in [3.63, 3.8) is 0 Å². The zero-order chi connectivity index (χ0) is 7.98. The van der Waals surface area contributed by atoms with E-state index >= 15 is 0 Å². The second-order valence-corrected chi connectivity index (χ2v) is 1.64. The summed E-state index contributed by atoms with van der Waals surface area (Å²) in [4.78, 5) is 0. The molecule has 0 fully saturated rings. The molecule has 0 aromatic heterocycles. The fourth-order valence-corrected chi connectivity index (χ4v) is 0.429. The summed E-state index contributed by atoms with van der Waals surface area (Å²) in [6.07, 6.45) is 1.48. The lowest BCUT2D eigenvalue weighted by Gasteiger charge is -2.01. The molecule has 0 amide bonds. The van der Waals surface area contributed by atoms with Crippen LogP contribution in [0.25, 0.3) is 0 Å². The smallest absolute Gasteiger partial charge is 0.179 e. The van der Waals surface area contributed by atoms with E-state index in [2.05, 4.69) is 10.5 Å². The number of hydrogen-bond donors (Lipinski definition) is 3. The van der Waals surface area contributed by atoms with Gasteiger partial charge in [0.2, 0.25) is 0 Å². The summed E-state index contributed by atoms with van der Waals surface area (Å²) in [7, 11) is 1.63. The second kappa shape index (κ2) is 4.96. The molecule has 0 spiro atoms. The van der Waals surface area contributed by atoms with Gasteiger partial charge in [-0.15, -0.1) is 0 Å². The van der Waals surface area contributed by atoms with Crippen LogP contribution in [0.1, 0.15) is 6.92 Å². The fourth-order valence-electron chi connectivity index (χ4n) is 0.429. The summed E-state index contributed by atoms with van der Waals surface area (Å²) in [5, 5.41) is 20.8.